The van der Waals surface area contributed by atoms with Crippen molar-refractivity contribution in [2.75, 3.05) is 0 Å². The average Bonchev–Trinajstić information content (AvgIpc) is 2.80. The van der Waals surface area contributed by atoms with Gasteiger partial charge in [0, 0.05) is 23.3 Å². The fraction of sp³-hybridized carbons (Fsp3) is 0. The molecule has 36 heavy (non-hydrogen) atoms. The molecule has 184 valence electrons. The van der Waals surface area contributed by atoms with Crippen LogP contribution >= 0.6 is 0 Å². The van der Waals surface area contributed by atoms with Gasteiger partial charge in [-0.1, -0.05) is 12.1 Å². The van der Waals surface area contributed by atoms with Crippen LogP contribution < -0.4 is 0 Å². The van der Waals surface area contributed by atoms with Crippen molar-refractivity contribution < 1.29 is 47.6 Å². The Morgan fingerprint density at radius 2 is 0.889 bits per heavy atom. The van der Waals surface area contributed by atoms with Crippen molar-refractivity contribution in [3.63, 3.8) is 0 Å². The highest BCUT2D eigenvalue weighted by Gasteiger charge is 2.14. The van der Waals surface area contributed by atoms with E-state index < -0.39 is 46.7 Å². The number of halogens is 4. The summed E-state index contributed by atoms with van der Waals surface area (Å²) in [5.41, 5.74) is -0.0318. The summed E-state index contributed by atoms with van der Waals surface area (Å²) in [6.45, 7) is 0. The predicted octanol–water partition coefficient (Wildman–Crippen LogP) is 6.07. The van der Waals surface area contributed by atoms with Gasteiger partial charge in [0.15, 0.2) is 0 Å². The van der Waals surface area contributed by atoms with Gasteiger partial charge in [0.1, 0.15) is 45.9 Å². The van der Waals surface area contributed by atoms with Gasteiger partial charge in [0.25, 0.3) is 0 Å². The summed E-state index contributed by atoms with van der Waals surface area (Å²) in [5, 5.41) is 36.3. The Balaban J connectivity index is 0.000000201. The number of phenols is 2. The molecule has 0 amide bonds. The Morgan fingerprint density at radius 3 is 1.19 bits per heavy atom. The van der Waals surface area contributed by atoms with Crippen LogP contribution in [-0.2, 0) is 0 Å². The lowest BCUT2D eigenvalue weighted by Crippen LogP contribution is -1.97. The van der Waals surface area contributed by atoms with Crippen LogP contribution in [0.5, 0.6) is 11.5 Å². The van der Waals surface area contributed by atoms with Gasteiger partial charge in [-0.05, 0) is 59.7 Å². The molecule has 0 unspecified atom stereocenters. The number of rotatable bonds is 4. The first-order chi connectivity index (χ1) is 17.0. The van der Waals surface area contributed by atoms with Crippen LogP contribution in [0.2, 0.25) is 0 Å². The second-order valence-electron chi connectivity index (χ2n) is 7.32. The maximum atomic E-state index is 13.5. The molecule has 4 rings (SSSR count). The molecule has 0 aliphatic carbocycles. The largest absolute Gasteiger partial charge is 0.507 e. The normalized spacial score (nSPS) is 10.3. The van der Waals surface area contributed by atoms with E-state index in [9.17, 15) is 37.4 Å². The summed E-state index contributed by atoms with van der Waals surface area (Å²) in [7, 11) is 0. The molecule has 0 aliphatic heterocycles. The third-order valence-corrected chi connectivity index (χ3v) is 4.94. The van der Waals surface area contributed by atoms with Gasteiger partial charge in [-0.15, -0.1) is 0 Å². The molecular formula is C26H16F4O6. The molecule has 4 aromatic rings. The summed E-state index contributed by atoms with van der Waals surface area (Å²) in [6, 6.07) is 13.3. The van der Waals surface area contributed by atoms with Crippen LogP contribution in [0.4, 0.5) is 17.6 Å². The van der Waals surface area contributed by atoms with Crippen molar-refractivity contribution in [3.05, 3.63) is 107 Å². The van der Waals surface area contributed by atoms with Crippen LogP contribution in [0.15, 0.2) is 72.8 Å². The van der Waals surface area contributed by atoms with Gasteiger partial charge in [0.05, 0.1) is 0 Å². The molecule has 0 saturated carbocycles. The van der Waals surface area contributed by atoms with Crippen LogP contribution in [0.3, 0.4) is 0 Å². The minimum absolute atomic E-state index is 0.0684. The highest BCUT2D eigenvalue weighted by atomic mass is 19.1. The summed E-state index contributed by atoms with van der Waals surface area (Å²) < 4.78 is 52.6. The Kier molecular flexibility index (Phi) is 7.58. The summed E-state index contributed by atoms with van der Waals surface area (Å²) in [5.74, 6) is -6.48. The van der Waals surface area contributed by atoms with Crippen molar-refractivity contribution in [1.82, 2.24) is 0 Å². The average molecular weight is 500 g/mol. The number of carbonyl (C=O) groups is 2. The lowest BCUT2D eigenvalue weighted by atomic mass is 10.0. The molecule has 0 aromatic heterocycles. The minimum atomic E-state index is -1.32. The van der Waals surface area contributed by atoms with E-state index in [1.165, 1.54) is 24.3 Å². The number of benzene rings is 4. The molecule has 0 heterocycles. The molecule has 0 bridgehead atoms. The predicted molar refractivity (Wildman–Crippen MR) is 121 cm³/mol. The maximum Gasteiger partial charge on any atom is 0.339 e. The summed E-state index contributed by atoms with van der Waals surface area (Å²) in [6.07, 6.45) is 0. The fourth-order valence-electron chi connectivity index (χ4n) is 3.20. The van der Waals surface area contributed by atoms with Crippen LogP contribution in [0, 0.1) is 23.3 Å². The number of hydrogen-bond acceptors (Lipinski definition) is 4. The molecule has 0 atom stereocenters. The fourth-order valence-corrected chi connectivity index (χ4v) is 3.20. The minimum Gasteiger partial charge on any atom is -0.507 e. The quantitative estimate of drug-likeness (QED) is 0.253. The van der Waals surface area contributed by atoms with Gasteiger partial charge < -0.3 is 20.4 Å². The first-order valence-corrected chi connectivity index (χ1v) is 10.0. The third-order valence-electron chi connectivity index (χ3n) is 4.94. The monoisotopic (exact) mass is 500 g/mol. The zero-order valence-electron chi connectivity index (χ0n) is 18.0. The van der Waals surface area contributed by atoms with Gasteiger partial charge in [-0.2, -0.15) is 0 Å². The zero-order valence-corrected chi connectivity index (χ0v) is 18.0. The molecule has 6 nitrogen and oxygen atoms in total. The van der Waals surface area contributed by atoms with E-state index in [0.717, 1.165) is 36.4 Å². The highest BCUT2D eigenvalue weighted by Crippen LogP contribution is 2.29. The van der Waals surface area contributed by atoms with E-state index in [0.29, 0.717) is 12.1 Å². The topological polar surface area (TPSA) is 115 Å². The molecule has 0 aliphatic rings. The van der Waals surface area contributed by atoms with E-state index in [1.54, 1.807) is 0 Å². The van der Waals surface area contributed by atoms with Crippen molar-refractivity contribution in [3.8, 4) is 33.8 Å². The molecular weight excluding hydrogens is 484 g/mol. The van der Waals surface area contributed by atoms with Crippen molar-refractivity contribution >= 4 is 11.9 Å². The number of hydrogen-bond donors (Lipinski definition) is 4. The van der Waals surface area contributed by atoms with Crippen LogP contribution in [-0.4, -0.2) is 32.4 Å². The molecule has 10 heteroatoms. The Hall–Kier alpha value is -4.86. The van der Waals surface area contributed by atoms with E-state index in [1.807, 2.05) is 0 Å². The number of aromatic carboxylic acids is 2. The number of aromatic hydroxyl groups is 2. The van der Waals surface area contributed by atoms with E-state index >= 15 is 0 Å². The third kappa shape index (κ3) is 5.79. The molecule has 0 saturated heterocycles. The lowest BCUT2D eigenvalue weighted by molar-refractivity contribution is 0.0682. The maximum absolute atomic E-state index is 13.5. The Morgan fingerprint density at radius 1 is 0.528 bits per heavy atom. The molecule has 0 radical (unpaired) electrons. The number of carboxylic acids is 2. The van der Waals surface area contributed by atoms with Gasteiger partial charge >= 0.3 is 11.9 Å². The Bertz CT molecular complexity index is 1360. The molecule has 0 spiro atoms. The second kappa shape index (κ2) is 10.6. The van der Waals surface area contributed by atoms with E-state index in [4.69, 9.17) is 10.2 Å². The molecule has 0 fully saturated rings. The van der Waals surface area contributed by atoms with Gasteiger partial charge in [0.2, 0.25) is 0 Å². The lowest BCUT2D eigenvalue weighted by Gasteiger charge is -2.06. The standard InChI is InChI=1S/2C13H8F2O3/c2*14-8-2-3-9(11(15)6-8)7-1-4-12(16)10(5-7)13(17)18/h2*1-6,16H,(H,17,18). The molecule has 4 N–H and O–H groups in total. The SMILES string of the molecule is O=C(O)c1cc(-c2ccc(F)cc2F)ccc1O.O=C(O)c1cc(-c2ccc(F)cc2F)ccc1O. The highest BCUT2D eigenvalue weighted by molar-refractivity contribution is 5.93. The first kappa shape index (κ1) is 25.8. The van der Waals surface area contributed by atoms with Crippen molar-refractivity contribution in [2.45, 2.75) is 0 Å². The van der Waals surface area contributed by atoms with Crippen LogP contribution in [0.1, 0.15) is 20.7 Å². The van der Waals surface area contributed by atoms with Crippen molar-refractivity contribution in [2.24, 2.45) is 0 Å². The van der Waals surface area contributed by atoms with Gasteiger partial charge in [-0.3, -0.25) is 0 Å². The van der Waals surface area contributed by atoms with Crippen LogP contribution in [0.25, 0.3) is 22.3 Å². The molecule has 4 aromatic carbocycles. The summed E-state index contributed by atoms with van der Waals surface area (Å²) >= 11 is 0. The van der Waals surface area contributed by atoms with Crippen molar-refractivity contribution in [1.29, 1.82) is 0 Å². The summed E-state index contributed by atoms with van der Waals surface area (Å²) in [4.78, 5) is 21.7. The zero-order chi connectivity index (χ0) is 26.6. The van der Waals surface area contributed by atoms with Gasteiger partial charge in [-0.25, -0.2) is 27.2 Å². The Labute approximate surface area is 201 Å². The van der Waals surface area contributed by atoms with E-state index in [-0.39, 0.29) is 33.4 Å². The number of carboxylic acid groups (broad SMARTS) is 2. The van der Waals surface area contributed by atoms with E-state index in [2.05, 4.69) is 0 Å². The second-order valence-corrected chi connectivity index (χ2v) is 7.32. The smallest absolute Gasteiger partial charge is 0.339 e. The first-order valence-electron chi connectivity index (χ1n) is 10.0.